The Balaban J connectivity index is 0.00000180. The minimum absolute atomic E-state index is 0. The van der Waals surface area contributed by atoms with E-state index in [0.29, 0.717) is 10.7 Å². The van der Waals surface area contributed by atoms with E-state index in [1.807, 2.05) is 0 Å². The first-order valence-electron chi connectivity index (χ1n) is 5.04. The van der Waals surface area contributed by atoms with Gasteiger partial charge in [0.25, 0.3) is 0 Å². The Morgan fingerprint density at radius 3 is 2.79 bits per heavy atom. The van der Waals surface area contributed by atoms with E-state index in [2.05, 4.69) is 5.32 Å². The topological polar surface area (TPSA) is 89.5 Å². The molecule has 19 heavy (non-hydrogen) atoms. The third kappa shape index (κ3) is 3.57. The molecule has 1 fully saturated rings. The molecule has 0 aliphatic carbocycles. The van der Waals surface area contributed by atoms with Crippen LogP contribution in [0.15, 0.2) is 21.5 Å². The summed E-state index contributed by atoms with van der Waals surface area (Å²) >= 11 is 2.47. The molecule has 0 aromatic heterocycles. The van der Waals surface area contributed by atoms with Crippen LogP contribution >= 0.6 is 23.5 Å². The third-order valence-electron chi connectivity index (χ3n) is 2.31. The summed E-state index contributed by atoms with van der Waals surface area (Å²) in [6.45, 7) is 1.37. The minimum Gasteiger partial charge on any atom is -0.543 e. The molecule has 0 bridgehead atoms. The molecule has 1 N–H and O–H groups in total. The van der Waals surface area contributed by atoms with Crippen LogP contribution < -0.4 is 40.0 Å². The molecule has 9 heteroatoms. The molecule has 2 heterocycles. The van der Waals surface area contributed by atoms with Crippen LogP contribution in [-0.2, 0) is 14.4 Å². The number of aliphatic carboxylic acids is 1. The van der Waals surface area contributed by atoms with Gasteiger partial charge >= 0.3 is 29.6 Å². The van der Waals surface area contributed by atoms with Gasteiger partial charge in [0.15, 0.2) is 0 Å². The van der Waals surface area contributed by atoms with Gasteiger partial charge in [0.1, 0.15) is 0 Å². The standard InChI is InChI=1S/C10H10N2O4S2.Na/c1-5(13)11-2-3-17-10-8(9(15)16)12-6(14)4-7(12)18-10;/h2-3,7H,4H2,1H3,(H,11,13)(H,15,16);/q;+1/p-1/b3-2+;/t7-;/m1./s1. The number of carbonyl (C=O) groups is 3. The average Bonchev–Trinajstić information content (AvgIpc) is 2.57. The Morgan fingerprint density at radius 2 is 2.26 bits per heavy atom. The Hall–Kier alpha value is -0.410. The van der Waals surface area contributed by atoms with Gasteiger partial charge in [-0.25, -0.2) is 0 Å². The molecule has 0 aromatic carbocycles. The zero-order chi connectivity index (χ0) is 13.3. The summed E-state index contributed by atoms with van der Waals surface area (Å²) < 4.78 is 0.507. The van der Waals surface area contributed by atoms with Crippen LogP contribution in [0.25, 0.3) is 0 Å². The molecule has 0 aromatic rings. The van der Waals surface area contributed by atoms with Crippen molar-refractivity contribution in [2.24, 2.45) is 0 Å². The minimum atomic E-state index is -1.35. The van der Waals surface area contributed by atoms with Crippen LogP contribution in [0.2, 0.25) is 0 Å². The van der Waals surface area contributed by atoms with Crippen molar-refractivity contribution >= 4 is 41.3 Å². The van der Waals surface area contributed by atoms with E-state index in [4.69, 9.17) is 0 Å². The van der Waals surface area contributed by atoms with Crippen LogP contribution in [0, 0.1) is 0 Å². The Bertz CT molecular complexity index is 492. The summed E-state index contributed by atoms with van der Waals surface area (Å²) in [6.07, 6.45) is 1.77. The summed E-state index contributed by atoms with van der Waals surface area (Å²) in [6, 6.07) is 0. The normalized spacial score (nSPS) is 21.0. The molecule has 0 unspecified atom stereocenters. The number of nitrogens with zero attached hydrogens (tertiary/aromatic N) is 1. The van der Waals surface area contributed by atoms with Gasteiger partial charge in [-0.1, -0.05) is 23.5 Å². The van der Waals surface area contributed by atoms with E-state index in [-0.39, 0.29) is 52.4 Å². The van der Waals surface area contributed by atoms with Gasteiger partial charge in [-0.15, -0.1) is 0 Å². The van der Waals surface area contributed by atoms with Gasteiger partial charge in [-0.2, -0.15) is 0 Å². The largest absolute Gasteiger partial charge is 1.00 e. The Morgan fingerprint density at radius 1 is 1.58 bits per heavy atom. The number of rotatable bonds is 4. The summed E-state index contributed by atoms with van der Waals surface area (Å²) in [4.78, 5) is 34.2. The second-order valence-corrected chi connectivity index (χ2v) is 5.95. The fourth-order valence-corrected chi connectivity index (χ4v) is 3.91. The summed E-state index contributed by atoms with van der Waals surface area (Å²) in [5, 5.41) is 14.9. The number of carboxylic acid groups (broad SMARTS) is 1. The molecule has 96 valence electrons. The number of thioether (sulfide) groups is 2. The van der Waals surface area contributed by atoms with E-state index >= 15 is 0 Å². The molecular formula is C10H9N2NaO4S2. The quantitative estimate of drug-likeness (QED) is 0.429. The second-order valence-electron chi connectivity index (χ2n) is 3.59. The molecule has 1 saturated heterocycles. The van der Waals surface area contributed by atoms with Crippen molar-refractivity contribution in [1.82, 2.24) is 10.2 Å². The molecule has 2 aliphatic heterocycles. The van der Waals surface area contributed by atoms with Gasteiger partial charge in [0.2, 0.25) is 11.8 Å². The smallest absolute Gasteiger partial charge is 0.543 e. The van der Waals surface area contributed by atoms with Gasteiger partial charge in [-0.05, 0) is 5.41 Å². The molecule has 0 saturated carbocycles. The van der Waals surface area contributed by atoms with Crippen LogP contribution in [0.1, 0.15) is 13.3 Å². The maximum absolute atomic E-state index is 11.3. The molecule has 2 aliphatic rings. The third-order valence-corrected chi connectivity index (χ3v) is 4.62. The number of β-lactam (4-membered cyclic amide) rings is 1. The van der Waals surface area contributed by atoms with E-state index in [1.165, 1.54) is 29.8 Å². The van der Waals surface area contributed by atoms with Crippen LogP contribution in [0.3, 0.4) is 0 Å². The zero-order valence-electron chi connectivity index (χ0n) is 10.3. The number of amides is 2. The maximum Gasteiger partial charge on any atom is 1.00 e. The van der Waals surface area contributed by atoms with Crippen molar-refractivity contribution in [2.75, 3.05) is 0 Å². The number of carboxylic acids is 1. The van der Waals surface area contributed by atoms with E-state index in [9.17, 15) is 19.5 Å². The van der Waals surface area contributed by atoms with Gasteiger partial charge in [0.05, 0.1) is 27.7 Å². The first kappa shape index (κ1) is 16.6. The molecule has 0 spiro atoms. The van der Waals surface area contributed by atoms with Gasteiger partial charge in [0, 0.05) is 13.1 Å². The van der Waals surface area contributed by atoms with Crippen molar-refractivity contribution in [1.29, 1.82) is 0 Å². The maximum atomic E-state index is 11.3. The monoisotopic (exact) mass is 308 g/mol. The van der Waals surface area contributed by atoms with Gasteiger partial charge in [-0.3, -0.25) is 14.5 Å². The van der Waals surface area contributed by atoms with Crippen molar-refractivity contribution in [3.8, 4) is 0 Å². The molecule has 2 amide bonds. The molecule has 6 nitrogen and oxygen atoms in total. The van der Waals surface area contributed by atoms with Crippen molar-refractivity contribution in [3.05, 3.63) is 21.5 Å². The van der Waals surface area contributed by atoms with E-state index in [1.54, 1.807) is 5.41 Å². The van der Waals surface area contributed by atoms with Crippen LogP contribution in [0.5, 0.6) is 0 Å². The Labute approximate surface area is 140 Å². The fourth-order valence-electron chi connectivity index (χ4n) is 1.54. The number of nitrogens with one attached hydrogen (secondary N) is 1. The number of hydrogen-bond donors (Lipinski definition) is 1. The number of carbonyl (C=O) groups excluding carboxylic acids is 3. The SMILES string of the molecule is CC(=O)N/C=C/SC1=C(C(=O)[O-])N2C(=O)C[C@H]2S1.[Na+]. The number of fused-ring (bicyclic) bond motifs is 1. The zero-order valence-corrected chi connectivity index (χ0v) is 14.0. The van der Waals surface area contributed by atoms with Crippen molar-refractivity contribution in [3.63, 3.8) is 0 Å². The first-order chi connectivity index (χ1) is 8.50. The van der Waals surface area contributed by atoms with Crippen LogP contribution in [0.4, 0.5) is 0 Å². The van der Waals surface area contributed by atoms with E-state index in [0.717, 1.165) is 11.8 Å². The molecule has 2 rings (SSSR count). The van der Waals surface area contributed by atoms with Crippen molar-refractivity contribution in [2.45, 2.75) is 18.7 Å². The van der Waals surface area contributed by atoms with E-state index < -0.39 is 5.97 Å². The molecule has 0 radical (unpaired) electrons. The molecule has 1 atom stereocenters. The molecular weight excluding hydrogens is 299 g/mol. The predicted octanol–water partition coefficient (Wildman–Crippen LogP) is -3.44. The van der Waals surface area contributed by atoms with Gasteiger partial charge < -0.3 is 15.2 Å². The van der Waals surface area contributed by atoms with Crippen molar-refractivity contribution < 1.29 is 49.0 Å². The number of hydrogen-bond acceptors (Lipinski definition) is 6. The van der Waals surface area contributed by atoms with Crippen LogP contribution in [-0.4, -0.2) is 28.1 Å². The fraction of sp³-hybridized carbons (Fsp3) is 0.300. The summed E-state index contributed by atoms with van der Waals surface area (Å²) in [7, 11) is 0. The second kappa shape index (κ2) is 6.85. The summed E-state index contributed by atoms with van der Waals surface area (Å²) in [5.74, 6) is -1.76. The predicted molar refractivity (Wildman–Crippen MR) is 65.4 cm³/mol. The Kier molecular flexibility index (Phi) is 6.00. The summed E-state index contributed by atoms with van der Waals surface area (Å²) in [5.41, 5.74) is -0.0706. The first-order valence-corrected chi connectivity index (χ1v) is 6.79. The average molecular weight is 308 g/mol.